The van der Waals surface area contributed by atoms with Gasteiger partial charge in [-0.2, -0.15) is 0 Å². The predicted octanol–water partition coefficient (Wildman–Crippen LogP) is 2.28. The number of hydrogen-bond donors (Lipinski definition) is 1. The predicted molar refractivity (Wildman–Crippen MR) is 80.4 cm³/mol. The van der Waals surface area contributed by atoms with Crippen molar-refractivity contribution in [2.75, 3.05) is 6.54 Å². The van der Waals surface area contributed by atoms with Crippen LogP contribution in [0.1, 0.15) is 50.5 Å². The Kier molecular flexibility index (Phi) is 4.32. The highest BCUT2D eigenvalue weighted by atomic mass is 15.2. The third-order valence-electron chi connectivity index (χ3n) is 4.67. The summed E-state index contributed by atoms with van der Waals surface area (Å²) in [5.41, 5.74) is 1.16. The summed E-state index contributed by atoms with van der Waals surface area (Å²) in [6, 6.07) is 4.30. The molecule has 3 rings (SSSR count). The Morgan fingerprint density at radius 3 is 2.70 bits per heavy atom. The molecule has 110 valence electrons. The van der Waals surface area contributed by atoms with Crippen molar-refractivity contribution in [1.82, 2.24) is 20.2 Å². The van der Waals surface area contributed by atoms with Crippen molar-refractivity contribution in [3.05, 3.63) is 23.8 Å². The number of hydrogen-bond acceptors (Lipinski definition) is 4. The molecular formula is C16H26N4. The molecule has 0 saturated carbocycles. The zero-order chi connectivity index (χ0) is 13.9. The summed E-state index contributed by atoms with van der Waals surface area (Å²) in [6.45, 7) is 6.39. The van der Waals surface area contributed by atoms with Crippen LogP contribution in [-0.4, -0.2) is 39.5 Å². The largest absolute Gasteiger partial charge is 0.311 e. The maximum absolute atomic E-state index is 4.58. The molecule has 2 bridgehead atoms. The van der Waals surface area contributed by atoms with Crippen LogP contribution in [0.4, 0.5) is 0 Å². The fourth-order valence-electron chi connectivity index (χ4n) is 3.80. The van der Waals surface area contributed by atoms with Gasteiger partial charge in [-0.3, -0.25) is 4.90 Å². The van der Waals surface area contributed by atoms with Crippen molar-refractivity contribution in [2.45, 2.75) is 70.6 Å². The van der Waals surface area contributed by atoms with E-state index in [4.69, 9.17) is 0 Å². The van der Waals surface area contributed by atoms with Crippen LogP contribution in [0.25, 0.3) is 0 Å². The van der Waals surface area contributed by atoms with E-state index in [1.54, 1.807) is 0 Å². The monoisotopic (exact) mass is 274 g/mol. The SMILES string of the molecule is CCCN(Cc1ccnc(C)n1)C1CC2CCC(C1)N2. The molecule has 0 amide bonds. The Morgan fingerprint density at radius 2 is 2.05 bits per heavy atom. The molecule has 1 aromatic heterocycles. The van der Waals surface area contributed by atoms with E-state index >= 15 is 0 Å². The summed E-state index contributed by atoms with van der Waals surface area (Å²) in [6.07, 6.45) is 8.44. The zero-order valence-electron chi connectivity index (χ0n) is 12.7. The number of piperidine rings is 1. The molecule has 4 heteroatoms. The number of aromatic nitrogens is 2. The molecule has 0 radical (unpaired) electrons. The Hall–Kier alpha value is -1.00. The smallest absolute Gasteiger partial charge is 0.125 e. The van der Waals surface area contributed by atoms with Gasteiger partial charge in [0, 0.05) is 30.9 Å². The van der Waals surface area contributed by atoms with Crippen molar-refractivity contribution >= 4 is 0 Å². The number of rotatable bonds is 5. The van der Waals surface area contributed by atoms with E-state index in [9.17, 15) is 0 Å². The maximum Gasteiger partial charge on any atom is 0.125 e. The first-order chi connectivity index (χ1) is 9.74. The Labute approximate surface area is 122 Å². The van der Waals surface area contributed by atoms with Gasteiger partial charge in [0.2, 0.25) is 0 Å². The van der Waals surface area contributed by atoms with Gasteiger partial charge in [-0.05, 0) is 51.6 Å². The highest BCUT2D eigenvalue weighted by Crippen LogP contribution is 2.30. The second kappa shape index (κ2) is 6.19. The first kappa shape index (κ1) is 14.0. The Bertz CT molecular complexity index is 436. The van der Waals surface area contributed by atoms with Crippen molar-refractivity contribution < 1.29 is 0 Å². The van der Waals surface area contributed by atoms with Gasteiger partial charge in [-0.25, -0.2) is 9.97 Å². The molecule has 20 heavy (non-hydrogen) atoms. The number of fused-ring (bicyclic) bond motifs is 2. The molecular weight excluding hydrogens is 248 g/mol. The molecule has 2 saturated heterocycles. The van der Waals surface area contributed by atoms with Gasteiger partial charge in [0.1, 0.15) is 5.82 Å². The van der Waals surface area contributed by atoms with Gasteiger partial charge < -0.3 is 5.32 Å². The highest BCUT2D eigenvalue weighted by molar-refractivity contribution is 5.03. The Balaban J connectivity index is 1.69. The number of aryl methyl sites for hydroxylation is 1. The van der Waals surface area contributed by atoms with Crippen LogP contribution in [0, 0.1) is 6.92 Å². The van der Waals surface area contributed by atoms with Crippen LogP contribution >= 0.6 is 0 Å². The highest BCUT2D eigenvalue weighted by Gasteiger charge is 2.35. The van der Waals surface area contributed by atoms with Crippen LogP contribution in [0.5, 0.6) is 0 Å². The van der Waals surface area contributed by atoms with Gasteiger partial charge in [0.15, 0.2) is 0 Å². The van der Waals surface area contributed by atoms with Crippen molar-refractivity contribution in [2.24, 2.45) is 0 Å². The van der Waals surface area contributed by atoms with Crippen LogP contribution in [0.2, 0.25) is 0 Å². The summed E-state index contributed by atoms with van der Waals surface area (Å²) >= 11 is 0. The molecule has 2 atom stereocenters. The lowest BCUT2D eigenvalue weighted by Crippen LogP contribution is -2.48. The van der Waals surface area contributed by atoms with Crippen LogP contribution in [0.3, 0.4) is 0 Å². The van der Waals surface area contributed by atoms with Gasteiger partial charge in [0.05, 0.1) is 5.69 Å². The van der Waals surface area contributed by atoms with E-state index in [-0.39, 0.29) is 0 Å². The van der Waals surface area contributed by atoms with Crippen LogP contribution in [-0.2, 0) is 6.54 Å². The minimum absolute atomic E-state index is 0.726. The molecule has 1 aromatic rings. The standard InChI is InChI=1S/C16H26N4/c1-3-8-20(11-15-6-7-17-12(2)18-15)16-9-13-4-5-14(10-16)19-13/h6-7,13-14,16,19H,3-5,8-11H2,1-2H3. The topological polar surface area (TPSA) is 41.1 Å². The van der Waals surface area contributed by atoms with Crippen molar-refractivity contribution in [3.63, 3.8) is 0 Å². The van der Waals surface area contributed by atoms with E-state index in [2.05, 4.69) is 33.2 Å². The summed E-state index contributed by atoms with van der Waals surface area (Å²) < 4.78 is 0. The molecule has 2 unspecified atom stereocenters. The molecule has 2 aliphatic heterocycles. The van der Waals surface area contributed by atoms with E-state index in [0.717, 1.165) is 36.2 Å². The quantitative estimate of drug-likeness (QED) is 0.894. The summed E-state index contributed by atoms with van der Waals surface area (Å²) in [5.74, 6) is 0.879. The van der Waals surface area contributed by atoms with Gasteiger partial charge in [0.25, 0.3) is 0 Å². The minimum atomic E-state index is 0.726. The second-order valence-corrected chi connectivity index (χ2v) is 6.33. The first-order valence-corrected chi connectivity index (χ1v) is 8.03. The normalized spacial score (nSPS) is 29.1. The lowest BCUT2D eigenvalue weighted by molar-refractivity contribution is 0.132. The maximum atomic E-state index is 4.58. The van der Waals surface area contributed by atoms with Crippen molar-refractivity contribution in [3.8, 4) is 0 Å². The fraction of sp³-hybridized carbons (Fsp3) is 0.750. The third-order valence-corrected chi connectivity index (χ3v) is 4.67. The number of nitrogens with zero attached hydrogens (tertiary/aromatic N) is 3. The summed E-state index contributed by atoms with van der Waals surface area (Å²) in [5, 5.41) is 3.74. The molecule has 0 aliphatic carbocycles. The van der Waals surface area contributed by atoms with E-state index in [0.29, 0.717) is 0 Å². The van der Waals surface area contributed by atoms with Crippen LogP contribution < -0.4 is 5.32 Å². The summed E-state index contributed by atoms with van der Waals surface area (Å²) in [4.78, 5) is 11.4. The van der Waals surface area contributed by atoms with E-state index in [1.165, 1.54) is 38.6 Å². The third kappa shape index (κ3) is 3.18. The van der Waals surface area contributed by atoms with Gasteiger partial charge in [-0.1, -0.05) is 6.92 Å². The molecule has 2 aliphatic rings. The first-order valence-electron chi connectivity index (χ1n) is 8.03. The lowest BCUT2D eigenvalue weighted by atomic mass is 9.97. The molecule has 0 spiro atoms. The van der Waals surface area contributed by atoms with E-state index in [1.807, 2.05) is 13.1 Å². The van der Waals surface area contributed by atoms with Gasteiger partial charge >= 0.3 is 0 Å². The molecule has 1 N–H and O–H groups in total. The second-order valence-electron chi connectivity index (χ2n) is 6.33. The van der Waals surface area contributed by atoms with E-state index < -0.39 is 0 Å². The van der Waals surface area contributed by atoms with Gasteiger partial charge in [-0.15, -0.1) is 0 Å². The molecule has 3 heterocycles. The zero-order valence-corrected chi connectivity index (χ0v) is 12.7. The lowest BCUT2D eigenvalue weighted by Gasteiger charge is -2.37. The molecule has 4 nitrogen and oxygen atoms in total. The average Bonchev–Trinajstić information content (AvgIpc) is 2.77. The molecule has 0 aromatic carbocycles. The van der Waals surface area contributed by atoms with Crippen molar-refractivity contribution in [1.29, 1.82) is 0 Å². The fourth-order valence-corrected chi connectivity index (χ4v) is 3.80. The minimum Gasteiger partial charge on any atom is -0.311 e. The van der Waals surface area contributed by atoms with Crippen LogP contribution in [0.15, 0.2) is 12.3 Å². The summed E-state index contributed by atoms with van der Waals surface area (Å²) in [7, 11) is 0. The Morgan fingerprint density at radius 1 is 1.30 bits per heavy atom. The molecule has 2 fully saturated rings. The average molecular weight is 274 g/mol. The number of nitrogens with one attached hydrogen (secondary N) is 1.